The van der Waals surface area contributed by atoms with Crippen molar-refractivity contribution in [2.24, 2.45) is 0 Å². The summed E-state index contributed by atoms with van der Waals surface area (Å²) in [6.45, 7) is 0.433. The third kappa shape index (κ3) is 5.55. The van der Waals surface area contributed by atoms with Crippen molar-refractivity contribution in [3.05, 3.63) is 58.6 Å². The van der Waals surface area contributed by atoms with Crippen LogP contribution in [0.2, 0.25) is 5.02 Å². The number of halogens is 1. The van der Waals surface area contributed by atoms with Crippen molar-refractivity contribution in [2.45, 2.75) is 18.9 Å². The molecule has 3 rings (SSSR count). The summed E-state index contributed by atoms with van der Waals surface area (Å²) in [6, 6.07) is 12.1. The van der Waals surface area contributed by atoms with Gasteiger partial charge in [-0.3, -0.25) is 13.9 Å². The van der Waals surface area contributed by atoms with Gasteiger partial charge in [0.2, 0.25) is 10.0 Å². The Labute approximate surface area is 186 Å². The van der Waals surface area contributed by atoms with Gasteiger partial charge in [-0.25, -0.2) is 8.42 Å². The molecule has 10 heteroatoms. The van der Waals surface area contributed by atoms with E-state index in [0.29, 0.717) is 28.5 Å². The minimum atomic E-state index is -3.44. The summed E-state index contributed by atoms with van der Waals surface area (Å²) in [5, 5.41) is 5.55. The maximum absolute atomic E-state index is 12.3. The molecule has 0 aliphatic carbocycles. The number of amides is 2. The Hall–Kier alpha value is -2.62. The molecule has 0 radical (unpaired) electrons. The maximum atomic E-state index is 12.3. The Bertz CT molecular complexity index is 1090. The molecule has 0 saturated heterocycles. The van der Waals surface area contributed by atoms with Crippen molar-refractivity contribution >= 4 is 44.8 Å². The van der Waals surface area contributed by atoms with Gasteiger partial charge in [-0.2, -0.15) is 0 Å². The van der Waals surface area contributed by atoms with Crippen molar-refractivity contribution in [1.82, 2.24) is 5.32 Å². The molecule has 8 nitrogen and oxygen atoms in total. The summed E-state index contributed by atoms with van der Waals surface area (Å²) in [7, 11) is -1.95. The first kappa shape index (κ1) is 23.1. The first-order valence-electron chi connectivity index (χ1n) is 9.67. The second-order valence-corrected chi connectivity index (χ2v) is 9.51. The van der Waals surface area contributed by atoms with Gasteiger partial charge in [-0.05, 0) is 36.6 Å². The highest BCUT2D eigenvalue weighted by Gasteiger charge is 2.25. The minimum absolute atomic E-state index is 0.0541. The first-order valence-corrected chi connectivity index (χ1v) is 11.9. The molecule has 31 heavy (non-hydrogen) atoms. The normalized spacial score (nSPS) is 14.5. The number of carbonyl (C=O) groups excluding carboxylic acids is 2. The number of aryl methyl sites for hydroxylation is 1. The van der Waals surface area contributed by atoms with Crippen LogP contribution in [0.4, 0.5) is 11.4 Å². The molecule has 2 aromatic carbocycles. The van der Waals surface area contributed by atoms with Gasteiger partial charge < -0.3 is 15.4 Å². The molecular formula is C21H24ClN3O5S. The summed E-state index contributed by atoms with van der Waals surface area (Å²) in [4.78, 5) is 24.6. The topological polar surface area (TPSA) is 105 Å². The summed E-state index contributed by atoms with van der Waals surface area (Å²) in [6.07, 6.45) is 2.10. The minimum Gasteiger partial charge on any atom is -0.375 e. The Morgan fingerprint density at radius 2 is 1.94 bits per heavy atom. The molecule has 0 aromatic heterocycles. The van der Waals surface area contributed by atoms with E-state index in [2.05, 4.69) is 10.6 Å². The molecule has 1 aliphatic heterocycles. The largest absolute Gasteiger partial charge is 0.375 e. The van der Waals surface area contributed by atoms with Crippen LogP contribution in [-0.4, -0.2) is 46.7 Å². The average Bonchev–Trinajstić information content (AvgIpc) is 2.73. The van der Waals surface area contributed by atoms with Gasteiger partial charge >= 0.3 is 11.8 Å². The number of hydrogen-bond donors (Lipinski definition) is 2. The molecule has 0 bridgehead atoms. The van der Waals surface area contributed by atoms with Gasteiger partial charge in [-0.15, -0.1) is 0 Å². The van der Waals surface area contributed by atoms with Crippen LogP contribution in [0.15, 0.2) is 42.5 Å². The highest BCUT2D eigenvalue weighted by molar-refractivity contribution is 7.92. The second kappa shape index (κ2) is 9.67. The van der Waals surface area contributed by atoms with Crippen molar-refractivity contribution < 1.29 is 22.7 Å². The standard InChI is InChI=1S/C21H24ClN3O5S/c1-30-19(16-7-3-4-8-17(16)22)13-23-20(26)21(27)24-15-10-9-14-6-5-11-25(18(14)12-15)31(2,28)29/h3-4,7-10,12,19H,5-6,11,13H2,1-2H3,(H,23,26)(H,24,27). The lowest BCUT2D eigenvalue weighted by Crippen LogP contribution is -2.38. The van der Waals surface area contributed by atoms with E-state index in [1.54, 1.807) is 42.5 Å². The second-order valence-electron chi connectivity index (χ2n) is 7.19. The number of sulfonamides is 1. The molecule has 2 amide bonds. The number of fused-ring (bicyclic) bond motifs is 1. The predicted octanol–water partition coefficient (Wildman–Crippen LogP) is 2.49. The van der Waals surface area contributed by atoms with E-state index in [0.717, 1.165) is 24.7 Å². The van der Waals surface area contributed by atoms with E-state index in [9.17, 15) is 18.0 Å². The molecule has 2 aromatic rings. The number of anilines is 2. The van der Waals surface area contributed by atoms with Crippen LogP contribution in [0.25, 0.3) is 0 Å². The van der Waals surface area contributed by atoms with Crippen LogP contribution in [0.1, 0.15) is 23.7 Å². The van der Waals surface area contributed by atoms with E-state index in [4.69, 9.17) is 16.3 Å². The molecule has 1 unspecified atom stereocenters. The lowest BCUT2D eigenvalue weighted by atomic mass is 10.0. The summed E-state index contributed by atoms with van der Waals surface area (Å²) in [5.74, 6) is -1.71. The number of nitrogens with one attached hydrogen (secondary N) is 2. The number of benzene rings is 2. The van der Waals surface area contributed by atoms with Crippen molar-refractivity contribution in [1.29, 1.82) is 0 Å². The SMILES string of the molecule is COC(CNC(=O)C(=O)Nc1ccc2c(c1)N(S(C)(=O)=O)CCC2)c1ccccc1Cl. The van der Waals surface area contributed by atoms with Crippen molar-refractivity contribution in [3.8, 4) is 0 Å². The quantitative estimate of drug-likeness (QED) is 0.638. The first-order chi connectivity index (χ1) is 14.7. The van der Waals surface area contributed by atoms with Crippen molar-refractivity contribution in [2.75, 3.05) is 36.1 Å². The molecule has 0 spiro atoms. The highest BCUT2D eigenvalue weighted by Crippen LogP contribution is 2.31. The molecular weight excluding hydrogens is 442 g/mol. The zero-order chi connectivity index (χ0) is 22.6. The molecule has 1 aliphatic rings. The fourth-order valence-corrected chi connectivity index (χ4v) is 4.72. The predicted molar refractivity (Wildman–Crippen MR) is 120 cm³/mol. The van der Waals surface area contributed by atoms with E-state index >= 15 is 0 Å². The van der Waals surface area contributed by atoms with Crippen LogP contribution in [0.5, 0.6) is 0 Å². The van der Waals surface area contributed by atoms with Gasteiger partial charge in [0.25, 0.3) is 0 Å². The third-order valence-corrected chi connectivity index (χ3v) is 6.53. The number of ether oxygens (including phenoxy) is 1. The molecule has 1 heterocycles. The van der Waals surface area contributed by atoms with Crippen LogP contribution in [0.3, 0.4) is 0 Å². The number of carbonyl (C=O) groups is 2. The van der Waals surface area contributed by atoms with E-state index in [1.165, 1.54) is 11.4 Å². The van der Waals surface area contributed by atoms with E-state index in [-0.39, 0.29) is 6.54 Å². The van der Waals surface area contributed by atoms with Gasteiger partial charge in [0.1, 0.15) is 6.10 Å². The molecule has 1 atom stereocenters. The Kier molecular flexibility index (Phi) is 7.19. The summed E-state index contributed by atoms with van der Waals surface area (Å²) < 4.78 is 30.8. The van der Waals surface area contributed by atoms with E-state index < -0.39 is 27.9 Å². The fourth-order valence-electron chi connectivity index (χ4n) is 3.47. The van der Waals surface area contributed by atoms with Crippen LogP contribution < -0.4 is 14.9 Å². The zero-order valence-electron chi connectivity index (χ0n) is 17.2. The number of nitrogens with zero attached hydrogens (tertiary/aromatic N) is 1. The molecule has 166 valence electrons. The lowest BCUT2D eigenvalue weighted by molar-refractivity contribution is -0.136. The van der Waals surface area contributed by atoms with Gasteiger partial charge in [0.05, 0.1) is 11.9 Å². The third-order valence-electron chi connectivity index (χ3n) is 5.01. The molecule has 0 saturated carbocycles. The highest BCUT2D eigenvalue weighted by atomic mass is 35.5. The summed E-state index contributed by atoms with van der Waals surface area (Å²) in [5.41, 5.74) is 2.43. The fraction of sp³-hybridized carbons (Fsp3) is 0.333. The number of methoxy groups -OCH3 is 1. The number of hydrogen-bond acceptors (Lipinski definition) is 5. The monoisotopic (exact) mass is 465 g/mol. The van der Waals surface area contributed by atoms with Crippen molar-refractivity contribution in [3.63, 3.8) is 0 Å². The van der Waals surface area contributed by atoms with Gasteiger partial charge in [0.15, 0.2) is 0 Å². The van der Waals surface area contributed by atoms with Gasteiger partial charge in [0, 0.05) is 36.5 Å². The number of rotatable bonds is 6. The smallest absolute Gasteiger partial charge is 0.313 e. The maximum Gasteiger partial charge on any atom is 0.313 e. The lowest BCUT2D eigenvalue weighted by Gasteiger charge is -2.29. The Morgan fingerprint density at radius 3 is 2.61 bits per heavy atom. The van der Waals surface area contributed by atoms with Crippen LogP contribution in [-0.2, 0) is 30.8 Å². The van der Waals surface area contributed by atoms with Crippen LogP contribution in [0, 0.1) is 0 Å². The van der Waals surface area contributed by atoms with Crippen LogP contribution >= 0.6 is 11.6 Å². The van der Waals surface area contributed by atoms with E-state index in [1.807, 2.05) is 0 Å². The molecule has 0 fully saturated rings. The summed E-state index contributed by atoms with van der Waals surface area (Å²) >= 11 is 6.17. The Balaban J connectivity index is 1.66. The van der Waals surface area contributed by atoms with Gasteiger partial charge in [-0.1, -0.05) is 35.9 Å². The average molecular weight is 466 g/mol. The molecule has 2 N–H and O–H groups in total. The Morgan fingerprint density at radius 1 is 1.19 bits per heavy atom. The zero-order valence-corrected chi connectivity index (χ0v) is 18.8.